The van der Waals surface area contributed by atoms with Gasteiger partial charge < -0.3 is 24.3 Å². The van der Waals surface area contributed by atoms with Gasteiger partial charge in [-0.05, 0) is 73.2 Å². The van der Waals surface area contributed by atoms with Crippen LogP contribution >= 0.6 is 40.2 Å². The van der Waals surface area contributed by atoms with Crippen molar-refractivity contribution in [3.8, 4) is 17.4 Å². The second kappa shape index (κ2) is 15.2. The molecule has 0 aliphatic carbocycles. The van der Waals surface area contributed by atoms with E-state index in [1.165, 1.54) is 17.8 Å². The number of anilines is 1. The van der Waals surface area contributed by atoms with Gasteiger partial charge in [0, 0.05) is 62.3 Å². The normalized spacial score (nSPS) is 13.2. The van der Waals surface area contributed by atoms with Crippen molar-refractivity contribution in [2.45, 2.75) is 13.5 Å². The molecule has 2 aromatic heterocycles. The van der Waals surface area contributed by atoms with Crippen LogP contribution in [0.2, 0.25) is 10.0 Å². The molecule has 12 heteroatoms. The van der Waals surface area contributed by atoms with Crippen LogP contribution in [-0.2, 0) is 13.6 Å². The predicted octanol–water partition coefficient (Wildman–Crippen LogP) is 7.86. The van der Waals surface area contributed by atoms with Gasteiger partial charge in [0.2, 0.25) is 5.88 Å². The van der Waals surface area contributed by atoms with Crippen LogP contribution < -0.4 is 14.8 Å². The molecule has 3 heterocycles. The minimum absolute atomic E-state index is 0. The number of aromatic nitrogens is 2. The SMILES string of the molecule is Br.CCOc1cccc(CN2CCN(C(=O)c3cc4cc(Oc5ccc(NC(=O)c6ccc(Cl)c(Cl)c6)cn5)ccc4n3C)CC2)c1. The molecule has 0 bridgehead atoms. The van der Waals surface area contributed by atoms with Gasteiger partial charge in [-0.15, -0.1) is 17.0 Å². The van der Waals surface area contributed by atoms with Crippen LogP contribution in [0.25, 0.3) is 10.9 Å². The largest absolute Gasteiger partial charge is 0.494 e. The molecule has 3 aromatic carbocycles. The number of piperazine rings is 1. The second-order valence-electron chi connectivity index (χ2n) is 11.0. The van der Waals surface area contributed by atoms with Gasteiger partial charge in [-0.1, -0.05) is 35.3 Å². The fourth-order valence-corrected chi connectivity index (χ4v) is 5.80. The standard InChI is InChI=1S/C35H33Cl2N5O4.BrH/c1-3-45-27-6-4-5-23(17-27)22-41-13-15-42(16-14-41)35(44)32-20-25-18-28(9-11-31(25)40(32)2)46-33-12-8-26(21-38-33)39-34(43)24-7-10-29(36)30(37)19-24;/h4-12,17-21H,3,13-16,22H2,1-2H3,(H,39,43);1H. The summed E-state index contributed by atoms with van der Waals surface area (Å²) in [6, 6.07) is 23.8. The molecule has 1 fully saturated rings. The minimum Gasteiger partial charge on any atom is -0.494 e. The van der Waals surface area contributed by atoms with E-state index in [0.717, 1.165) is 36.3 Å². The highest BCUT2D eigenvalue weighted by molar-refractivity contribution is 8.93. The van der Waals surface area contributed by atoms with Gasteiger partial charge in [-0.25, -0.2) is 4.98 Å². The van der Waals surface area contributed by atoms with Gasteiger partial charge >= 0.3 is 0 Å². The molecule has 5 aromatic rings. The average molecular weight is 739 g/mol. The number of aryl methyl sites for hydroxylation is 1. The smallest absolute Gasteiger partial charge is 0.270 e. The third kappa shape index (κ3) is 8.08. The zero-order chi connectivity index (χ0) is 32.2. The third-order valence-electron chi connectivity index (χ3n) is 7.91. The Kier molecular flexibility index (Phi) is 11.1. The first-order valence-electron chi connectivity index (χ1n) is 15.0. The van der Waals surface area contributed by atoms with Crippen LogP contribution in [0.4, 0.5) is 5.69 Å². The molecule has 1 saturated heterocycles. The molecule has 244 valence electrons. The van der Waals surface area contributed by atoms with E-state index in [1.54, 1.807) is 24.3 Å². The van der Waals surface area contributed by atoms with E-state index in [-0.39, 0.29) is 28.8 Å². The Balaban J connectivity index is 0.00000433. The van der Waals surface area contributed by atoms with Gasteiger partial charge in [-0.3, -0.25) is 14.5 Å². The minimum atomic E-state index is -0.334. The van der Waals surface area contributed by atoms with Crippen molar-refractivity contribution < 1.29 is 19.1 Å². The van der Waals surface area contributed by atoms with Crippen molar-refractivity contribution in [3.63, 3.8) is 0 Å². The van der Waals surface area contributed by atoms with Crippen molar-refractivity contribution in [2.24, 2.45) is 7.05 Å². The maximum absolute atomic E-state index is 13.6. The van der Waals surface area contributed by atoms with E-state index in [2.05, 4.69) is 27.3 Å². The zero-order valence-electron chi connectivity index (χ0n) is 25.9. The quantitative estimate of drug-likeness (QED) is 0.166. The van der Waals surface area contributed by atoms with Crippen LogP contribution in [0.1, 0.15) is 33.3 Å². The number of benzene rings is 3. The van der Waals surface area contributed by atoms with Gasteiger partial charge in [-0.2, -0.15) is 0 Å². The molecular formula is C35H34BrCl2N5O4. The lowest BCUT2D eigenvalue weighted by Gasteiger charge is -2.34. The Morgan fingerprint density at radius 2 is 1.70 bits per heavy atom. The number of amides is 2. The molecule has 0 radical (unpaired) electrons. The van der Waals surface area contributed by atoms with Crippen molar-refractivity contribution in [1.82, 2.24) is 19.4 Å². The first-order chi connectivity index (χ1) is 22.3. The number of fused-ring (bicyclic) bond motifs is 1. The number of ether oxygens (including phenoxy) is 2. The summed E-state index contributed by atoms with van der Waals surface area (Å²) >= 11 is 12.0. The third-order valence-corrected chi connectivity index (χ3v) is 8.65. The van der Waals surface area contributed by atoms with Crippen LogP contribution in [-0.4, -0.2) is 64.0 Å². The molecule has 9 nitrogen and oxygen atoms in total. The molecule has 0 spiro atoms. The number of hydrogen-bond acceptors (Lipinski definition) is 6. The van der Waals surface area contributed by atoms with Crippen LogP contribution in [0.3, 0.4) is 0 Å². The van der Waals surface area contributed by atoms with E-state index in [9.17, 15) is 9.59 Å². The molecule has 6 rings (SSSR count). The Morgan fingerprint density at radius 3 is 2.43 bits per heavy atom. The fraction of sp³-hybridized carbons (Fsp3) is 0.229. The number of nitrogens with one attached hydrogen (secondary N) is 1. The summed E-state index contributed by atoms with van der Waals surface area (Å²) in [6.07, 6.45) is 1.51. The van der Waals surface area contributed by atoms with Crippen molar-refractivity contribution in [3.05, 3.63) is 112 Å². The van der Waals surface area contributed by atoms with E-state index in [4.69, 9.17) is 32.7 Å². The van der Waals surface area contributed by atoms with Crippen molar-refractivity contribution in [2.75, 3.05) is 38.1 Å². The number of pyridine rings is 1. The highest BCUT2D eigenvalue weighted by Gasteiger charge is 2.25. The summed E-state index contributed by atoms with van der Waals surface area (Å²) in [6.45, 7) is 6.38. The molecule has 1 aliphatic rings. The molecule has 0 atom stereocenters. The van der Waals surface area contributed by atoms with Crippen LogP contribution in [0.15, 0.2) is 85.1 Å². The summed E-state index contributed by atoms with van der Waals surface area (Å²) < 4.78 is 13.6. The average Bonchev–Trinajstić information content (AvgIpc) is 3.39. The number of halogens is 3. The number of hydrogen-bond donors (Lipinski definition) is 1. The summed E-state index contributed by atoms with van der Waals surface area (Å²) in [7, 11) is 1.91. The van der Waals surface area contributed by atoms with Gasteiger partial charge in [0.1, 0.15) is 17.2 Å². The Morgan fingerprint density at radius 1 is 0.894 bits per heavy atom. The Hall–Kier alpha value is -4.09. The maximum atomic E-state index is 13.6. The van der Waals surface area contributed by atoms with Crippen molar-refractivity contribution >= 4 is 68.6 Å². The predicted molar refractivity (Wildman–Crippen MR) is 191 cm³/mol. The Bertz CT molecular complexity index is 1890. The molecular weight excluding hydrogens is 705 g/mol. The number of carbonyl (C=O) groups excluding carboxylic acids is 2. The first-order valence-corrected chi connectivity index (χ1v) is 15.8. The van der Waals surface area contributed by atoms with Gasteiger partial charge in [0.25, 0.3) is 11.8 Å². The second-order valence-corrected chi connectivity index (χ2v) is 11.8. The summed E-state index contributed by atoms with van der Waals surface area (Å²) in [5.74, 6) is 1.51. The monoisotopic (exact) mass is 737 g/mol. The lowest BCUT2D eigenvalue weighted by molar-refractivity contribution is 0.0619. The highest BCUT2D eigenvalue weighted by Crippen LogP contribution is 2.28. The maximum Gasteiger partial charge on any atom is 0.270 e. The molecule has 0 saturated carbocycles. The van der Waals surface area contributed by atoms with E-state index in [0.29, 0.717) is 58.3 Å². The summed E-state index contributed by atoms with van der Waals surface area (Å²) in [5, 5.41) is 4.35. The zero-order valence-corrected chi connectivity index (χ0v) is 29.1. The van der Waals surface area contributed by atoms with Crippen LogP contribution in [0, 0.1) is 0 Å². The number of rotatable bonds is 9. The van der Waals surface area contributed by atoms with Crippen molar-refractivity contribution in [1.29, 1.82) is 0 Å². The summed E-state index contributed by atoms with van der Waals surface area (Å²) in [4.78, 5) is 34.7. The van der Waals surface area contributed by atoms with Gasteiger partial charge in [0.15, 0.2) is 0 Å². The number of nitrogens with zero attached hydrogens (tertiary/aromatic N) is 4. The lowest BCUT2D eigenvalue weighted by Crippen LogP contribution is -2.48. The van der Waals surface area contributed by atoms with E-state index >= 15 is 0 Å². The molecule has 0 unspecified atom stereocenters. The fourth-order valence-electron chi connectivity index (χ4n) is 5.50. The molecule has 1 N–H and O–H groups in total. The molecule has 2 amide bonds. The highest BCUT2D eigenvalue weighted by atomic mass is 79.9. The Labute approximate surface area is 293 Å². The topological polar surface area (TPSA) is 88.9 Å². The summed E-state index contributed by atoms with van der Waals surface area (Å²) in [5.41, 5.74) is 3.64. The molecule has 1 aliphatic heterocycles. The van der Waals surface area contributed by atoms with Gasteiger partial charge in [0.05, 0.1) is 28.5 Å². The lowest BCUT2D eigenvalue weighted by atomic mass is 10.2. The van der Waals surface area contributed by atoms with Crippen LogP contribution in [0.5, 0.6) is 17.4 Å². The first kappa shape index (κ1) is 34.3. The van der Waals surface area contributed by atoms with E-state index in [1.807, 2.05) is 59.8 Å². The number of carbonyl (C=O) groups is 2. The molecule has 47 heavy (non-hydrogen) atoms. The van der Waals surface area contributed by atoms with E-state index < -0.39 is 0 Å².